The van der Waals surface area contributed by atoms with E-state index in [2.05, 4.69) is 11.6 Å². The van der Waals surface area contributed by atoms with Gasteiger partial charge in [0.05, 0.1) is 6.10 Å². The lowest BCUT2D eigenvalue weighted by Gasteiger charge is -2.66. The highest BCUT2D eigenvalue weighted by Crippen LogP contribution is 2.67. The van der Waals surface area contributed by atoms with Gasteiger partial charge in [-0.3, -0.25) is 19.4 Å². The fourth-order valence-electron chi connectivity index (χ4n) is 8.27. The van der Waals surface area contributed by atoms with Crippen molar-refractivity contribution in [3.05, 3.63) is 59.2 Å². The predicted octanol–water partition coefficient (Wildman–Crippen LogP) is 4.70. The van der Waals surface area contributed by atoms with Crippen molar-refractivity contribution in [3.63, 3.8) is 0 Å². The van der Waals surface area contributed by atoms with Crippen LogP contribution in [0.25, 0.3) is 11.3 Å². The summed E-state index contributed by atoms with van der Waals surface area (Å²) in [5.74, 6) is -2.24. The van der Waals surface area contributed by atoms with E-state index in [0.29, 0.717) is 24.8 Å². The van der Waals surface area contributed by atoms with Crippen molar-refractivity contribution in [1.82, 2.24) is 4.98 Å². The van der Waals surface area contributed by atoms with E-state index in [1.165, 1.54) is 13.8 Å². The van der Waals surface area contributed by atoms with Gasteiger partial charge < -0.3 is 28.5 Å². The molecular weight excluding hydrogens is 582 g/mol. The summed E-state index contributed by atoms with van der Waals surface area (Å²) in [4.78, 5) is 55.0. The summed E-state index contributed by atoms with van der Waals surface area (Å²) in [5.41, 5.74) is -3.17. The average molecular weight is 624 g/mol. The Morgan fingerprint density at radius 1 is 1.16 bits per heavy atom. The van der Waals surface area contributed by atoms with Crippen LogP contribution in [0.15, 0.2) is 52.5 Å². The van der Waals surface area contributed by atoms with Gasteiger partial charge in [0.2, 0.25) is 0 Å². The first kappa shape index (κ1) is 32.4. The SMILES string of the molecule is C=CCCC(=O)O[C@H]1CC2[C@](C)(CC[C@H](OC(C)=O)[C@@]2(C)COC(C)=O)C2[C@@H](O)c3c(cc(-c4cccnc4)oc3=O)O[C@@]21C. The Kier molecular flexibility index (Phi) is 8.70. The minimum Gasteiger partial charge on any atom is -0.482 e. The molecule has 2 aromatic heterocycles. The van der Waals surface area contributed by atoms with Gasteiger partial charge >= 0.3 is 23.5 Å². The van der Waals surface area contributed by atoms with Gasteiger partial charge in [-0.2, -0.15) is 0 Å². The molecule has 2 aliphatic carbocycles. The highest BCUT2D eigenvalue weighted by atomic mass is 16.6. The number of nitrogens with zero attached hydrogens (tertiary/aromatic N) is 1. The number of hydrogen-bond acceptors (Lipinski definition) is 11. The zero-order valence-electron chi connectivity index (χ0n) is 26.4. The van der Waals surface area contributed by atoms with Crippen LogP contribution >= 0.6 is 0 Å². The Hall–Kier alpha value is -3.99. The zero-order chi connectivity index (χ0) is 32.7. The minimum absolute atomic E-state index is 0.0208. The van der Waals surface area contributed by atoms with Crippen LogP contribution in [-0.2, 0) is 28.6 Å². The van der Waals surface area contributed by atoms with Crippen molar-refractivity contribution in [2.24, 2.45) is 22.7 Å². The van der Waals surface area contributed by atoms with E-state index in [4.69, 9.17) is 23.4 Å². The molecule has 45 heavy (non-hydrogen) atoms. The highest BCUT2D eigenvalue weighted by Gasteiger charge is 2.70. The van der Waals surface area contributed by atoms with Crippen molar-refractivity contribution in [2.75, 3.05) is 6.61 Å². The topological polar surface area (TPSA) is 151 Å². The summed E-state index contributed by atoms with van der Waals surface area (Å²) < 4.78 is 29.9. The normalized spacial score (nSPS) is 33.3. The van der Waals surface area contributed by atoms with Gasteiger partial charge in [-0.05, 0) is 56.1 Å². The molecule has 11 nitrogen and oxygen atoms in total. The molecule has 0 bridgehead atoms. The van der Waals surface area contributed by atoms with Crippen LogP contribution in [-0.4, -0.2) is 52.4 Å². The maximum atomic E-state index is 13.5. The highest BCUT2D eigenvalue weighted by molar-refractivity contribution is 5.70. The number of allylic oxidation sites excluding steroid dienone is 1. The second-order valence-corrected chi connectivity index (χ2v) is 13.1. The Morgan fingerprint density at radius 2 is 1.91 bits per heavy atom. The summed E-state index contributed by atoms with van der Waals surface area (Å²) in [6, 6.07) is 5.01. The third-order valence-electron chi connectivity index (χ3n) is 10.2. The molecule has 0 amide bonds. The number of rotatable bonds is 8. The van der Waals surface area contributed by atoms with Crippen LogP contribution in [0, 0.1) is 22.7 Å². The van der Waals surface area contributed by atoms with Crippen LogP contribution in [0.2, 0.25) is 0 Å². The molecule has 11 heteroatoms. The van der Waals surface area contributed by atoms with E-state index < -0.39 is 70.1 Å². The molecular formula is C34H41NO10. The van der Waals surface area contributed by atoms with Crippen LogP contribution in [0.5, 0.6) is 5.75 Å². The fourth-order valence-corrected chi connectivity index (χ4v) is 8.27. The number of aliphatic hydroxyl groups excluding tert-OH is 1. The molecule has 3 aliphatic rings. The number of esters is 3. The molecule has 1 aliphatic heterocycles. The lowest BCUT2D eigenvalue weighted by molar-refractivity contribution is -0.271. The summed E-state index contributed by atoms with van der Waals surface area (Å²) in [5, 5.41) is 12.2. The third-order valence-corrected chi connectivity index (χ3v) is 10.2. The number of pyridine rings is 1. The number of ether oxygens (including phenoxy) is 4. The van der Waals surface area contributed by atoms with Gasteiger partial charge in [-0.1, -0.05) is 19.9 Å². The van der Waals surface area contributed by atoms with Gasteiger partial charge in [-0.25, -0.2) is 4.79 Å². The molecule has 2 saturated carbocycles. The number of aromatic nitrogens is 1. The fraction of sp³-hybridized carbons (Fsp3) is 0.559. The van der Waals surface area contributed by atoms with Gasteiger partial charge in [0.25, 0.3) is 0 Å². The minimum atomic E-state index is -1.36. The van der Waals surface area contributed by atoms with Crippen LogP contribution in [0.3, 0.4) is 0 Å². The van der Waals surface area contributed by atoms with E-state index in [9.17, 15) is 24.3 Å². The largest absolute Gasteiger partial charge is 0.482 e. The second-order valence-electron chi connectivity index (χ2n) is 13.1. The maximum Gasteiger partial charge on any atom is 0.345 e. The Bertz CT molecular complexity index is 1540. The first-order valence-corrected chi connectivity index (χ1v) is 15.3. The molecule has 2 fully saturated rings. The van der Waals surface area contributed by atoms with Crippen LogP contribution in [0.1, 0.15) is 78.4 Å². The van der Waals surface area contributed by atoms with Gasteiger partial charge in [-0.15, -0.1) is 6.58 Å². The molecule has 242 valence electrons. The first-order valence-electron chi connectivity index (χ1n) is 15.3. The summed E-state index contributed by atoms with van der Waals surface area (Å²) in [6.07, 6.45) is 3.58. The zero-order valence-corrected chi connectivity index (χ0v) is 26.4. The van der Waals surface area contributed by atoms with Crippen molar-refractivity contribution >= 4 is 17.9 Å². The summed E-state index contributed by atoms with van der Waals surface area (Å²) >= 11 is 0. The van der Waals surface area contributed by atoms with Gasteiger partial charge in [0, 0.05) is 55.6 Å². The molecule has 0 radical (unpaired) electrons. The number of carbonyl (C=O) groups excluding carboxylic acids is 3. The smallest absolute Gasteiger partial charge is 0.345 e. The van der Waals surface area contributed by atoms with Gasteiger partial charge in [0.15, 0.2) is 0 Å². The lowest BCUT2D eigenvalue weighted by atomic mass is 9.42. The maximum absolute atomic E-state index is 13.5. The summed E-state index contributed by atoms with van der Waals surface area (Å²) in [7, 11) is 0. The molecule has 2 aromatic rings. The van der Waals surface area contributed by atoms with E-state index in [1.54, 1.807) is 43.6 Å². The molecule has 0 aromatic carbocycles. The molecule has 1 N–H and O–H groups in total. The quantitative estimate of drug-likeness (QED) is 0.247. The molecule has 5 rings (SSSR count). The van der Waals surface area contributed by atoms with Gasteiger partial charge in [0.1, 0.15) is 41.5 Å². The average Bonchev–Trinajstić information content (AvgIpc) is 2.97. The van der Waals surface area contributed by atoms with Crippen molar-refractivity contribution in [1.29, 1.82) is 0 Å². The standard InChI is InChI=1S/C34H41NO10/c1-7-8-11-27(38)44-26-16-24-32(4,13-12-25(42-20(3)37)33(24,5)18-41-19(2)36)30-29(39)28-23(45-34(26,30)6)15-22(43-31(28)40)21-10-9-14-35-17-21/h7,9-10,14-15,17,24-26,29-30,39H,1,8,11-13,16,18H2,2-6H3/t24?,25-,26-,29-,30?,32-,33-,34+/m0/s1. The van der Waals surface area contributed by atoms with Crippen molar-refractivity contribution in [2.45, 2.75) is 90.6 Å². The Balaban J connectivity index is 1.66. The molecule has 2 unspecified atom stereocenters. The monoisotopic (exact) mass is 623 g/mol. The Morgan fingerprint density at radius 3 is 2.56 bits per heavy atom. The van der Waals surface area contributed by atoms with E-state index in [-0.39, 0.29) is 36.5 Å². The first-order chi connectivity index (χ1) is 21.2. The molecule has 0 saturated heterocycles. The van der Waals surface area contributed by atoms with E-state index in [0.717, 1.165) is 0 Å². The third kappa shape index (κ3) is 5.67. The Labute approximate surface area is 261 Å². The number of hydrogen-bond donors (Lipinski definition) is 1. The summed E-state index contributed by atoms with van der Waals surface area (Å²) in [6.45, 7) is 12.0. The number of carbonyl (C=O) groups is 3. The van der Waals surface area contributed by atoms with Crippen molar-refractivity contribution < 1.29 is 42.9 Å². The van der Waals surface area contributed by atoms with Crippen LogP contribution < -0.4 is 10.4 Å². The van der Waals surface area contributed by atoms with Crippen molar-refractivity contribution in [3.8, 4) is 17.1 Å². The predicted molar refractivity (Wildman–Crippen MR) is 161 cm³/mol. The number of fused-ring (bicyclic) bond motifs is 4. The van der Waals surface area contributed by atoms with E-state index in [1.807, 2.05) is 13.8 Å². The molecule has 0 spiro atoms. The molecule has 8 atom stereocenters. The van der Waals surface area contributed by atoms with Crippen LogP contribution in [0.4, 0.5) is 0 Å². The lowest BCUT2D eigenvalue weighted by Crippen LogP contribution is -2.71. The van der Waals surface area contributed by atoms with E-state index >= 15 is 0 Å². The number of aliphatic hydroxyl groups is 1. The second kappa shape index (κ2) is 12.1. The molecule has 3 heterocycles.